The molecule has 0 aliphatic heterocycles. The Morgan fingerprint density at radius 2 is 1.57 bits per heavy atom. The quantitative estimate of drug-likeness (QED) is 0.198. The highest BCUT2D eigenvalue weighted by atomic mass is 16.4. The van der Waals surface area contributed by atoms with Crippen LogP contribution in [-0.4, -0.2) is 57.0 Å². The lowest BCUT2D eigenvalue weighted by atomic mass is 10.0. The molecule has 35 heavy (non-hydrogen) atoms. The molecule has 11 heteroatoms. The number of carboxylic acids is 1. The minimum atomic E-state index is -1.48. The van der Waals surface area contributed by atoms with Gasteiger partial charge >= 0.3 is 5.97 Å². The number of hydrogen-bond donors (Lipinski definition) is 7. The van der Waals surface area contributed by atoms with Crippen molar-refractivity contribution in [2.24, 2.45) is 11.5 Å². The van der Waals surface area contributed by atoms with E-state index in [-0.39, 0.29) is 18.6 Å². The number of benzene rings is 2. The lowest BCUT2D eigenvalue weighted by Gasteiger charge is -2.22. The van der Waals surface area contributed by atoms with Gasteiger partial charge in [0.2, 0.25) is 17.7 Å². The molecule has 184 valence electrons. The van der Waals surface area contributed by atoms with Crippen LogP contribution in [0.5, 0.6) is 5.75 Å². The van der Waals surface area contributed by atoms with Crippen molar-refractivity contribution in [2.45, 2.75) is 37.4 Å². The molecule has 3 atom stereocenters. The monoisotopic (exact) mass is 481 g/mol. The SMILES string of the molecule is NC(=O)[C@H](Cc1c[nH]c2ccccc12)NC(=O)[C@H](CC(=O)O)NC(=O)[C@@H](N)Cc1ccc(O)cc1. The van der Waals surface area contributed by atoms with Crippen molar-refractivity contribution in [3.63, 3.8) is 0 Å². The summed E-state index contributed by atoms with van der Waals surface area (Å²) in [5.41, 5.74) is 13.7. The van der Waals surface area contributed by atoms with Gasteiger partial charge < -0.3 is 37.3 Å². The summed E-state index contributed by atoms with van der Waals surface area (Å²) in [7, 11) is 0. The Labute approximate surface area is 200 Å². The third-order valence-corrected chi connectivity index (χ3v) is 5.50. The Morgan fingerprint density at radius 3 is 2.23 bits per heavy atom. The predicted octanol–water partition coefficient (Wildman–Crippen LogP) is -0.0844. The molecule has 0 aliphatic rings. The number of carbonyl (C=O) groups is 4. The zero-order chi connectivity index (χ0) is 25.5. The summed E-state index contributed by atoms with van der Waals surface area (Å²) in [4.78, 5) is 51.9. The minimum absolute atomic E-state index is 0.0570. The molecule has 9 N–H and O–H groups in total. The van der Waals surface area contributed by atoms with E-state index in [0.717, 1.165) is 16.5 Å². The first kappa shape index (κ1) is 25.2. The third kappa shape index (κ3) is 6.81. The predicted molar refractivity (Wildman–Crippen MR) is 127 cm³/mol. The fourth-order valence-electron chi connectivity index (χ4n) is 3.66. The lowest BCUT2D eigenvalue weighted by Crippen LogP contribution is -2.56. The smallest absolute Gasteiger partial charge is 0.305 e. The standard InChI is InChI=1S/C24H27N5O6/c25-17(9-13-5-7-15(30)8-6-13)23(34)29-20(11-21(31)32)24(35)28-19(22(26)33)10-14-12-27-18-4-2-1-3-16(14)18/h1-8,12,17,19-20,27,30H,9-11,25H2,(H2,26,33)(H,28,35)(H,29,34)(H,31,32)/t17-,19-,20-/m0/s1. The van der Waals surface area contributed by atoms with Gasteiger partial charge in [-0.05, 0) is 35.7 Å². The van der Waals surface area contributed by atoms with Gasteiger partial charge in [-0.2, -0.15) is 0 Å². The number of rotatable bonds is 11. The van der Waals surface area contributed by atoms with E-state index in [1.807, 2.05) is 24.3 Å². The average Bonchev–Trinajstić information content (AvgIpc) is 3.22. The summed E-state index contributed by atoms with van der Waals surface area (Å²) in [5.74, 6) is -3.70. The van der Waals surface area contributed by atoms with Crippen molar-refractivity contribution in [3.8, 4) is 5.75 Å². The first-order chi connectivity index (χ1) is 16.6. The van der Waals surface area contributed by atoms with E-state index in [4.69, 9.17) is 11.5 Å². The van der Waals surface area contributed by atoms with Gasteiger partial charge in [-0.1, -0.05) is 30.3 Å². The summed E-state index contributed by atoms with van der Waals surface area (Å²) in [6.07, 6.45) is 1.14. The molecule has 0 unspecified atom stereocenters. The number of nitrogens with one attached hydrogen (secondary N) is 3. The third-order valence-electron chi connectivity index (χ3n) is 5.50. The maximum absolute atomic E-state index is 12.9. The van der Waals surface area contributed by atoms with Crippen LogP contribution < -0.4 is 22.1 Å². The number of phenolic OH excluding ortho intramolecular Hbond substituents is 1. The van der Waals surface area contributed by atoms with Gasteiger partial charge in [-0.15, -0.1) is 0 Å². The topological polar surface area (TPSA) is 201 Å². The van der Waals surface area contributed by atoms with Crippen molar-refractivity contribution in [1.82, 2.24) is 15.6 Å². The second kappa shape index (κ2) is 11.2. The van der Waals surface area contributed by atoms with Gasteiger partial charge in [0.25, 0.3) is 0 Å². The summed E-state index contributed by atoms with van der Waals surface area (Å²) < 4.78 is 0. The van der Waals surface area contributed by atoms with Crippen LogP contribution in [0.1, 0.15) is 17.5 Å². The number of aliphatic carboxylic acids is 1. The Hall–Kier alpha value is -4.38. The number of para-hydroxylation sites is 1. The number of H-pyrrole nitrogens is 1. The number of carboxylic acid groups (broad SMARTS) is 1. The van der Waals surface area contributed by atoms with Crippen molar-refractivity contribution in [1.29, 1.82) is 0 Å². The molecule has 3 aromatic rings. The maximum atomic E-state index is 12.9. The molecule has 1 aromatic heterocycles. The summed E-state index contributed by atoms with van der Waals surface area (Å²) >= 11 is 0. The van der Waals surface area contributed by atoms with E-state index in [1.54, 1.807) is 18.3 Å². The van der Waals surface area contributed by atoms with Gasteiger partial charge in [0.1, 0.15) is 17.8 Å². The molecule has 11 nitrogen and oxygen atoms in total. The highest BCUT2D eigenvalue weighted by Gasteiger charge is 2.29. The van der Waals surface area contributed by atoms with Gasteiger partial charge in [-0.25, -0.2) is 0 Å². The second-order valence-electron chi connectivity index (χ2n) is 8.16. The molecule has 1 heterocycles. The maximum Gasteiger partial charge on any atom is 0.305 e. The van der Waals surface area contributed by atoms with Crippen LogP contribution in [0, 0.1) is 0 Å². The lowest BCUT2D eigenvalue weighted by molar-refractivity contribution is -0.141. The van der Waals surface area contributed by atoms with Crippen LogP contribution in [0.3, 0.4) is 0 Å². The fourth-order valence-corrected chi connectivity index (χ4v) is 3.66. The molecule has 0 fully saturated rings. The summed E-state index contributed by atoms with van der Waals surface area (Å²) in [6, 6.07) is 9.76. The number of aromatic hydroxyl groups is 1. The van der Waals surface area contributed by atoms with Crippen molar-refractivity contribution >= 4 is 34.6 Å². The fraction of sp³-hybridized carbons (Fsp3) is 0.250. The number of carbonyl (C=O) groups excluding carboxylic acids is 3. The molecule has 0 saturated heterocycles. The second-order valence-corrected chi connectivity index (χ2v) is 8.16. The first-order valence-corrected chi connectivity index (χ1v) is 10.8. The highest BCUT2D eigenvalue weighted by molar-refractivity contribution is 5.95. The van der Waals surface area contributed by atoms with E-state index in [2.05, 4.69) is 15.6 Å². The normalized spacial score (nSPS) is 13.5. The number of aromatic nitrogens is 1. The largest absolute Gasteiger partial charge is 0.508 e. The molecule has 0 saturated carbocycles. The summed E-state index contributed by atoms with van der Waals surface area (Å²) in [6.45, 7) is 0. The summed E-state index contributed by atoms with van der Waals surface area (Å²) in [5, 5.41) is 24.2. The zero-order valence-corrected chi connectivity index (χ0v) is 18.7. The number of fused-ring (bicyclic) bond motifs is 1. The molecule has 3 amide bonds. The van der Waals surface area contributed by atoms with Gasteiger partial charge in [0.05, 0.1) is 12.5 Å². The van der Waals surface area contributed by atoms with Crippen LogP contribution in [0.15, 0.2) is 54.7 Å². The Bertz CT molecular complexity index is 1220. The number of nitrogens with two attached hydrogens (primary N) is 2. The number of primary amides is 1. The molecule has 2 aromatic carbocycles. The van der Waals surface area contributed by atoms with Gasteiger partial charge in [-0.3, -0.25) is 19.2 Å². The van der Waals surface area contributed by atoms with Crippen molar-refractivity contribution < 1.29 is 29.4 Å². The number of aromatic amines is 1. The molecular weight excluding hydrogens is 454 g/mol. The zero-order valence-electron chi connectivity index (χ0n) is 18.7. The molecular formula is C24H27N5O6. The first-order valence-electron chi connectivity index (χ1n) is 10.8. The molecule has 0 spiro atoms. The van der Waals surface area contributed by atoms with Crippen molar-refractivity contribution in [3.05, 3.63) is 65.9 Å². The van der Waals surface area contributed by atoms with Crippen LogP contribution in [0.2, 0.25) is 0 Å². The van der Waals surface area contributed by atoms with Crippen LogP contribution in [-0.2, 0) is 32.0 Å². The van der Waals surface area contributed by atoms with Crippen molar-refractivity contribution in [2.75, 3.05) is 0 Å². The minimum Gasteiger partial charge on any atom is -0.508 e. The van der Waals surface area contributed by atoms with E-state index in [0.29, 0.717) is 5.56 Å². The average molecular weight is 482 g/mol. The Kier molecular flexibility index (Phi) is 8.05. The molecule has 0 bridgehead atoms. The van der Waals surface area contributed by atoms with Crippen LogP contribution in [0.4, 0.5) is 0 Å². The van der Waals surface area contributed by atoms with E-state index in [9.17, 15) is 29.4 Å². The molecule has 0 aliphatic carbocycles. The van der Waals surface area contributed by atoms with E-state index >= 15 is 0 Å². The van der Waals surface area contributed by atoms with E-state index in [1.165, 1.54) is 12.1 Å². The van der Waals surface area contributed by atoms with Gasteiger partial charge in [0.15, 0.2) is 0 Å². The molecule has 3 rings (SSSR count). The van der Waals surface area contributed by atoms with E-state index < -0.39 is 48.2 Å². The van der Waals surface area contributed by atoms with Crippen LogP contribution in [0.25, 0.3) is 10.9 Å². The number of amides is 3. The Balaban J connectivity index is 1.68. The highest BCUT2D eigenvalue weighted by Crippen LogP contribution is 2.19. The Morgan fingerprint density at radius 1 is 0.914 bits per heavy atom. The molecule has 0 radical (unpaired) electrons. The number of hydrogen-bond acceptors (Lipinski definition) is 6. The van der Waals surface area contributed by atoms with Gasteiger partial charge in [0, 0.05) is 23.5 Å². The number of phenols is 1. The van der Waals surface area contributed by atoms with Crippen LogP contribution >= 0.6 is 0 Å².